The highest BCUT2D eigenvalue weighted by Crippen LogP contribution is 2.27. The highest BCUT2D eigenvalue weighted by Gasteiger charge is 2.21. The normalized spacial score (nSPS) is 17.1. The molecule has 1 fully saturated rings. The summed E-state index contributed by atoms with van der Waals surface area (Å²) in [7, 11) is 0. The number of fused-ring (bicyclic) bond motifs is 1. The van der Waals surface area contributed by atoms with Crippen LogP contribution in [0.4, 0.5) is 5.69 Å². The Balaban J connectivity index is 1.53. The quantitative estimate of drug-likeness (QED) is 0.757. The fraction of sp³-hybridized carbons (Fsp3) is 0.381. The first kappa shape index (κ1) is 17.7. The Hall–Kier alpha value is -2.73. The summed E-state index contributed by atoms with van der Waals surface area (Å²) in [5.41, 5.74) is 1.92. The van der Waals surface area contributed by atoms with Crippen LogP contribution < -0.4 is 10.2 Å². The van der Waals surface area contributed by atoms with Crippen molar-refractivity contribution < 1.29 is 4.79 Å². The molecule has 0 spiro atoms. The highest BCUT2D eigenvalue weighted by molar-refractivity contribution is 6.03. The Morgan fingerprint density at radius 1 is 1.26 bits per heavy atom. The molecule has 6 nitrogen and oxygen atoms in total. The molecule has 4 rings (SSSR count). The van der Waals surface area contributed by atoms with Crippen LogP contribution in [0, 0.1) is 0 Å². The summed E-state index contributed by atoms with van der Waals surface area (Å²) >= 11 is 0. The van der Waals surface area contributed by atoms with Crippen molar-refractivity contribution in [3.05, 3.63) is 54.4 Å². The van der Waals surface area contributed by atoms with Gasteiger partial charge in [0, 0.05) is 30.6 Å². The fourth-order valence-electron chi connectivity index (χ4n) is 3.83. The third-order valence-electron chi connectivity index (χ3n) is 5.24. The van der Waals surface area contributed by atoms with Crippen LogP contribution in [0.3, 0.4) is 0 Å². The monoisotopic (exact) mass is 363 g/mol. The topological polar surface area (TPSA) is 63.1 Å². The first-order chi connectivity index (χ1) is 13.3. The average molecular weight is 363 g/mol. The molecule has 1 aliphatic heterocycles. The lowest BCUT2D eigenvalue weighted by atomic mass is 9.97. The zero-order valence-electron chi connectivity index (χ0n) is 15.6. The second-order valence-electron chi connectivity index (χ2n) is 7.02. The highest BCUT2D eigenvalue weighted by atomic mass is 16.2. The minimum absolute atomic E-state index is 0.0204. The number of nitrogens with zero attached hydrogens (tertiary/aromatic N) is 4. The van der Waals surface area contributed by atoms with Crippen LogP contribution in [-0.2, 0) is 11.3 Å². The molecule has 0 radical (unpaired) electrons. The molecule has 1 aromatic heterocycles. The summed E-state index contributed by atoms with van der Waals surface area (Å²) in [6.45, 7) is 4.81. The van der Waals surface area contributed by atoms with Crippen molar-refractivity contribution in [2.45, 2.75) is 32.2 Å². The van der Waals surface area contributed by atoms with Gasteiger partial charge in [-0.1, -0.05) is 41.6 Å². The molecule has 27 heavy (non-hydrogen) atoms. The number of amides is 1. The molecule has 2 aromatic carbocycles. The summed E-state index contributed by atoms with van der Waals surface area (Å²) in [4.78, 5) is 14.8. The maximum atomic E-state index is 13.0. The summed E-state index contributed by atoms with van der Waals surface area (Å²) < 4.78 is 1.67. The van der Waals surface area contributed by atoms with Crippen molar-refractivity contribution in [2.75, 3.05) is 24.5 Å². The third kappa shape index (κ3) is 3.71. The molecule has 1 unspecified atom stereocenters. The van der Waals surface area contributed by atoms with E-state index in [4.69, 9.17) is 0 Å². The van der Waals surface area contributed by atoms with Crippen LogP contribution in [0.5, 0.6) is 0 Å². The van der Waals surface area contributed by atoms with Gasteiger partial charge in [0.2, 0.25) is 5.91 Å². The van der Waals surface area contributed by atoms with Crippen molar-refractivity contribution in [1.82, 2.24) is 20.3 Å². The average Bonchev–Trinajstić information content (AvgIpc) is 3.18. The van der Waals surface area contributed by atoms with E-state index in [2.05, 4.69) is 33.8 Å². The van der Waals surface area contributed by atoms with E-state index in [1.54, 1.807) is 4.68 Å². The smallest absolute Gasteiger partial charge is 0.248 e. The lowest BCUT2D eigenvalue weighted by Crippen LogP contribution is -2.34. The molecule has 140 valence electrons. The van der Waals surface area contributed by atoms with Crippen LogP contribution in [0.2, 0.25) is 0 Å². The first-order valence-electron chi connectivity index (χ1n) is 9.65. The van der Waals surface area contributed by atoms with Gasteiger partial charge in [-0.3, -0.25) is 4.79 Å². The number of rotatable bonds is 5. The standard InChI is InChI=1S/C21H25N5O/c1-2-26(20-11-5-8-16-7-3-4-10-18(16)20)21(27)15-25-14-19(23-24-25)17-9-6-12-22-13-17/h3-5,7-8,10-11,14,17,22H,2,6,9,12-13,15H2,1H3. The second kappa shape index (κ2) is 7.88. The number of likely N-dealkylation sites (N-methyl/N-ethyl adjacent to an activating group) is 1. The van der Waals surface area contributed by atoms with E-state index < -0.39 is 0 Å². The van der Waals surface area contributed by atoms with Gasteiger partial charge in [-0.05, 0) is 37.8 Å². The molecule has 0 saturated carbocycles. The maximum Gasteiger partial charge on any atom is 0.248 e. The predicted molar refractivity (Wildman–Crippen MR) is 107 cm³/mol. The first-order valence-corrected chi connectivity index (χ1v) is 9.65. The van der Waals surface area contributed by atoms with E-state index in [0.29, 0.717) is 12.5 Å². The number of anilines is 1. The third-order valence-corrected chi connectivity index (χ3v) is 5.24. The van der Waals surface area contributed by atoms with Crippen LogP contribution in [0.15, 0.2) is 48.7 Å². The van der Waals surface area contributed by atoms with Crippen LogP contribution >= 0.6 is 0 Å². The number of carbonyl (C=O) groups excluding carboxylic acids is 1. The number of carbonyl (C=O) groups is 1. The Kier molecular flexibility index (Phi) is 5.16. The van der Waals surface area contributed by atoms with Gasteiger partial charge in [0.05, 0.1) is 11.4 Å². The number of hydrogen-bond acceptors (Lipinski definition) is 4. The van der Waals surface area contributed by atoms with Crippen molar-refractivity contribution in [3.63, 3.8) is 0 Å². The molecule has 1 amide bonds. The number of nitrogens with one attached hydrogen (secondary N) is 1. The fourth-order valence-corrected chi connectivity index (χ4v) is 3.83. The molecule has 2 heterocycles. The van der Waals surface area contributed by atoms with Gasteiger partial charge < -0.3 is 10.2 Å². The minimum Gasteiger partial charge on any atom is -0.316 e. The van der Waals surface area contributed by atoms with E-state index in [1.165, 1.54) is 0 Å². The predicted octanol–water partition coefficient (Wildman–Crippen LogP) is 2.95. The maximum absolute atomic E-state index is 13.0. The second-order valence-corrected chi connectivity index (χ2v) is 7.02. The molecule has 1 saturated heterocycles. The molecule has 6 heteroatoms. The number of aromatic nitrogens is 3. The Morgan fingerprint density at radius 3 is 2.93 bits per heavy atom. The molecule has 1 aliphatic rings. The van der Waals surface area contributed by atoms with E-state index in [1.807, 2.05) is 42.3 Å². The van der Waals surface area contributed by atoms with Gasteiger partial charge >= 0.3 is 0 Å². The molecular formula is C21H25N5O. The van der Waals surface area contributed by atoms with Crippen LogP contribution in [-0.4, -0.2) is 40.5 Å². The van der Waals surface area contributed by atoms with Gasteiger partial charge in [-0.25, -0.2) is 4.68 Å². The summed E-state index contributed by atoms with van der Waals surface area (Å²) in [6, 6.07) is 14.2. The van der Waals surface area contributed by atoms with Gasteiger partial charge in [0.1, 0.15) is 6.54 Å². The lowest BCUT2D eigenvalue weighted by molar-refractivity contribution is -0.119. The zero-order valence-corrected chi connectivity index (χ0v) is 15.6. The van der Waals surface area contributed by atoms with Crippen molar-refractivity contribution in [1.29, 1.82) is 0 Å². The summed E-state index contributed by atoms with van der Waals surface area (Å²) in [5, 5.41) is 14.1. The molecular weight excluding hydrogens is 338 g/mol. The molecule has 0 bridgehead atoms. The van der Waals surface area contributed by atoms with Gasteiger partial charge in [0.15, 0.2) is 0 Å². The molecule has 3 aromatic rings. The molecule has 1 N–H and O–H groups in total. The van der Waals surface area contributed by atoms with E-state index in [9.17, 15) is 4.79 Å². The molecule has 1 atom stereocenters. The lowest BCUT2D eigenvalue weighted by Gasteiger charge is -2.23. The van der Waals surface area contributed by atoms with Crippen LogP contribution in [0.1, 0.15) is 31.4 Å². The zero-order chi connectivity index (χ0) is 18.6. The van der Waals surface area contributed by atoms with E-state index >= 15 is 0 Å². The van der Waals surface area contributed by atoms with Crippen LogP contribution in [0.25, 0.3) is 10.8 Å². The Bertz CT molecular complexity index is 924. The van der Waals surface area contributed by atoms with Gasteiger partial charge in [0.25, 0.3) is 0 Å². The van der Waals surface area contributed by atoms with Crippen molar-refractivity contribution in [2.24, 2.45) is 0 Å². The summed E-state index contributed by atoms with van der Waals surface area (Å²) in [5.74, 6) is 0.412. The SMILES string of the molecule is CCN(C(=O)Cn1cc(C2CCCNC2)nn1)c1cccc2ccccc12. The summed E-state index contributed by atoms with van der Waals surface area (Å²) in [6.07, 6.45) is 4.20. The van der Waals surface area contributed by atoms with E-state index in [-0.39, 0.29) is 12.5 Å². The van der Waals surface area contributed by atoms with Gasteiger partial charge in [-0.15, -0.1) is 5.10 Å². The van der Waals surface area contributed by atoms with Crippen molar-refractivity contribution in [3.8, 4) is 0 Å². The minimum atomic E-state index is 0.0204. The van der Waals surface area contributed by atoms with Gasteiger partial charge in [-0.2, -0.15) is 0 Å². The number of piperidine rings is 1. The Labute approximate surface area is 159 Å². The van der Waals surface area contributed by atoms with E-state index in [0.717, 1.165) is 48.1 Å². The Morgan fingerprint density at radius 2 is 2.11 bits per heavy atom. The molecule has 0 aliphatic carbocycles. The number of benzene rings is 2. The number of hydrogen-bond donors (Lipinski definition) is 1. The van der Waals surface area contributed by atoms with Crippen molar-refractivity contribution >= 4 is 22.4 Å². The largest absolute Gasteiger partial charge is 0.316 e.